The number of aliphatic hydroxyl groups excluding tert-OH is 1. The van der Waals surface area contributed by atoms with Gasteiger partial charge in [0.1, 0.15) is 41.3 Å². The predicted octanol–water partition coefficient (Wildman–Crippen LogP) is 0.852. The quantitative estimate of drug-likeness (QED) is 0.168. The number of fused-ring (bicyclic) bond motifs is 4. The van der Waals surface area contributed by atoms with Gasteiger partial charge in [-0.15, -0.1) is 0 Å². The molecule has 3 aliphatic rings. The fraction of sp³-hybridized carbons (Fsp3) is 0.500. The molecule has 0 spiro atoms. The number of hydrogen-bond acceptors (Lipinski definition) is 13. The summed E-state index contributed by atoms with van der Waals surface area (Å²) in [6, 6.07) is 0. The van der Waals surface area contributed by atoms with Crippen molar-refractivity contribution in [2.45, 2.75) is 49.1 Å². The maximum atomic E-state index is 16.1. The van der Waals surface area contributed by atoms with Crippen LogP contribution in [0.4, 0.5) is 13.2 Å². The van der Waals surface area contributed by atoms with Crippen LogP contribution in [0.25, 0.3) is 22.1 Å². The molecule has 24 heteroatoms. The number of aryl methyl sites for hydroxylation is 2. The molecule has 48 heavy (non-hydrogen) atoms. The summed E-state index contributed by atoms with van der Waals surface area (Å²) in [7, 11) is -0.454. The highest BCUT2D eigenvalue weighted by atomic mass is 32.7. The van der Waals surface area contributed by atoms with Crippen molar-refractivity contribution in [2.24, 2.45) is 14.1 Å². The topological polar surface area (TPSA) is 189 Å². The average Bonchev–Trinajstić information content (AvgIpc) is 3.72. The predicted molar refractivity (Wildman–Crippen MR) is 163 cm³/mol. The first kappa shape index (κ1) is 33.7. The highest BCUT2D eigenvalue weighted by molar-refractivity contribution is 8.44. The number of aromatic nitrogens is 6. The molecule has 10 atom stereocenters. The van der Waals surface area contributed by atoms with E-state index in [1.807, 2.05) is 0 Å². The number of hydrogen-bond donors (Lipinski definition) is 2. The summed E-state index contributed by atoms with van der Waals surface area (Å²) in [5.74, 6) is -1.95. The van der Waals surface area contributed by atoms with E-state index < -0.39 is 105 Å². The Labute approximate surface area is 273 Å². The largest absolute Gasteiger partial charge is 0.386 e. The zero-order valence-electron chi connectivity index (χ0n) is 25.0. The van der Waals surface area contributed by atoms with E-state index in [1.54, 1.807) is 0 Å². The molecular weight excluding hydrogens is 710 g/mol. The van der Waals surface area contributed by atoms with Gasteiger partial charge in [-0.1, -0.05) is 12.2 Å². The lowest BCUT2D eigenvalue weighted by atomic mass is 10.1. The van der Waals surface area contributed by atoms with Crippen LogP contribution >= 0.6 is 26.5 Å². The Morgan fingerprint density at radius 1 is 0.875 bits per heavy atom. The Kier molecular flexibility index (Phi) is 8.38. The van der Waals surface area contributed by atoms with Gasteiger partial charge in [-0.2, -0.15) is 0 Å². The minimum atomic E-state index is -4.46. The molecule has 258 valence electrons. The number of alkyl halides is 1. The molecule has 0 saturated carbocycles. The van der Waals surface area contributed by atoms with Crippen LogP contribution < -0.4 is 11.1 Å². The molecule has 3 aliphatic heterocycles. The van der Waals surface area contributed by atoms with Crippen LogP contribution in [0, 0.1) is 11.6 Å². The Morgan fingerprint density at radius 2 is 1.38 bits per heavy atom. The molecule has 4 aromatic heterocycles. The third kappa shape index (κ3) is 5.61. The number of aliphatic hydroxyl groups is 1. The molecule has 0 aromatic carbocycles. The van der Waals surface area contributed by atoms with Gasteiger partial charge < -0.3 is 37.3 Å². The molecule has 3 saturated heterocycles. The summed E-state index contributed by atoms with van der Waals surface area (Å²) in [6.07, 6.45) is -9.21. The Balaban J connectivity index is 1.18. The molecule has 6 unspecified atom stereocenters. The second-order valence-electron chi connectivity index (χ2n) is 11.5. The third-order valence-corrected chi connectivity index (χ3v) is 11.1. The molecule has 0 amide bonds. The lowest BCUT2D eigenvalue weighted by molar-refractivity contribution is -0.0556. The van der Waals surface area contributed by atoms with Crippen molar-refractivity contribution in [3.63, 3.8) is 0 Å². The Hall–Kier alpha value is -2.78. The van der Waals surface area contributed by atoms with E-state index in [1.165, 1.54) is 14.1 Å². The van der Waals surface area contributed by atoms with E-state index in [-0.39, 0.29) is 16.7 Å². The fourth-order valence-corrected chi connectivity index (χ4v) is 8.62. The van der Waals surface area contributed by atoms with Gasteiger partial charge in [-0.05, 0) is 0 Å². The van der Waals surface area contributed by atoms with Crippen LogP contribution in [0.3, 0.4) is 0 Å². The molecule has 7 rings (SSSR count). The maximum absolute atomic E-state index is 16.1. The molecule has 17 nitrogen and oxygen atoms in total. The van der Waals surface area contributed by atoms with Gasteiger partial charge in [0.05, 0.1) is 25.9 Å². The summed E-state index contributed by atoms with van der Waals surface area (Å²) in [6.45, 7) is -5.86. The van der Waals surface area contributed by atoms with Crippen molar-refractivity contribution in [1.29, 1.82) is 0 Å². The van der Waals surface area contributed by atoms with E-state index in [2.05, 4.69) is 22.2 Å². The standard InChI is InChI=1S/C24H26BF3N6O11P2S/c1-31-7-29-19-13(21(31)36)9(26)3-33(19)23-15(28)17-11(42-23)6-41-47(39,48)45-18-12(5-40-46(25,38)44-17)43-24(16(18)35)34-4-10(27)14-20(34)30-8-32(2)22(14)37/h3-4,7-8,11-12,15-18,23-24,35H,5-6,25H2,1-2H3,(H,39,48)/t11-,12-,15?,16?,17?,18?,23-,24-,46?,47?/m1/s1. The molecule has 0 radical (unpaired) electrons. The van der Waals surface area contributed by atoms with Crippen LogP contribution in [0.15, 0.2) is 34.6 Å². The molecule has 3 fully saturated rings. The number of rotatable bonds is 2. The summed E-state index contributed by atoms with van der Waals surface area (Å²) in [4.78, 5) is 33.1. The van der Waals surface area contributed by atoms with Gasteiger partial charge in [-0.25, -0.2) is 27.7 Å². The van der Waals surface area contributed by atoms with Crippen molar-refractivity contribution >= 4 is 56.2 Å². The van der Waals surface area contributed by atoms with Gasteiger partial charge in [0.25, 0.3) is 26.2 Å². The Bertz CT molecular complexity index is 2020. The molecule has 1 N–H and O–H groups in total. The van der Waals surface area contributed by atoms with Gasteiger partial charge in [0.2, 0.25) is 0 Å². The van der Waals surface area contributed by atoms with Crippen LogP contribution in [0.5, 0.6) is 0 Å². The lowest BCUT2D eigenvalue weighted by Crippen LogP contribution is -2.38. The zero-order chi connectivity index (χ0) is 34.4. The first-order valence-electron chi connectivity index (χ1n) is 14.2. The van der Waals surface area contributed by atoms with Crippen LogP contribution in [-0.4, -0.2) is 90.8 Å². The van der Waals surface area contributed by atoms with Crippen molar-refractivity contribution < 1.29 is 55.0 Å². The van der Waals surface area contributed by atoms with E-state index in [0.717, 1.165) is 50.9 Å². The number of thiol groups is 1. The second-order valence-corrected chi connectivity index (χ2v) is 16.4. The summed E-state index contributed by atoms with van der Waals surface area (Å²) < 4.78 is 111. The minimum absolute atomic E-state index is 0.174. The van der Waals surface area contributed by atoms with Crippen molar-refractivity contribution in [3.05, 3.63) is 57.4 Å². The monoisotopic (exact) mass is 736 g/mol. The van der Waals surface area contributed by atoms with E-state index in [0.29, 0.717) is 0 Å². The number of halogens is 3. The number of nitrogens with zero attached hydrogens (tertiary/aromatic N) is 6. The molecule has 0 bridgehead atoms. The van der Waals surface area contributed by atoms with E-state index in [4.69, 9.17) is 27.6 Å². The van der Waals surface area contributed by atoms with Crippen LogP contribution in [0.2, 0.25) is 0 Å². The van der Waals surface area contributed by atoms with Crippen LogP contribution in [-0.2, 0) is 50.8 Å². The smallest absolute Gasteiger partial charge is 0.386 e. The van der Waals surface area contributed by atoms with E-state index in [9.17, 15) is 32.6 Å². The van der Waals surface area contributed by atoms with Crippen LogP contribution in [0.1, 0.15) is 12.5 Å². The first-order chi connectivity index (χ1) is 22.6. The average molecular weight is 736 g/mol. The van der Waals surface area contributed by atoms with Gasteiger partial charge in [0.15, 0.2) is 41.6 Å². The maximum Gasteiger partial charge on any atom is 0.386 e. The summed E-state index contributed by atoms with van der Waals surface area (Å²) in [5, 5.41) is 10.5. The highest BCUT2D eigenvalue weighted by Crippen LogP contribution is 2.58. The normalized spacial score (nSPS) is 36.1. The third-order valence-electron chi connectivity index (χ3n) is 8.26. The minimum Gasteiger partial charge on any atom is -0.386 e. The summed E-state index contributed by atoms with van der Waals surface area (Å²) in [5.41, 5.74) is -1.85. The van der Waals surface area contributed by atoms with Crippen molar-refractivity contribution in [3.8, 4) is 0 Å². The Morgan fingerprint density at radius 3 is 1.96 bits per heavy atom. The number of ether oxygens (including phenoxy) is 2. The fourth-order valence-electron chi connectivity index (χ4n) is 5.96. The highest BCUT2D eigenvalue weighted by Gasteiger charge is 2.53. The second kappa shape index (κ2) is 11.9. The summed E-state index contributed by atoms with van der Waals surface area (Å²) >= 11 is 3.99. The molecule has 7 heterocycles. The van der Waals surface area contributed by atoms with Gasteiger partial charge >= 0.3 is 6.80 Å². The lowest BCUT2D eigenvalue weighted by Gasteiger charge is -2.29. The van der Waals surface area contributed by atoms with Gasteiger partial charge in [0, 0.05) is 26.5 Å². The van der Waals surface area contributed by atoms with Crippen molar-refractivity contribution in [2.75, 3.05) is 13.2 Å². The van der Waals surface area contributed by atoms with Gasteiger partial charge in [-0.3, -0.25) is 27.8 Å². The first-order valence-corrected chi connectivity index (χ1v) is 18.9. The van der Waals surface area contributed by atoms with Crippen molar-refractivity contribution in [1.82, 2.24) is 28.2 Å². The van der Waals surface area contributed by atoms with E-state index >= 15 is 4.39 Å². The molecular formula is C24H26BF3N6O11P2S. The zero-order valence-corrected chi connectivity index (χ0v) is 27.7. The SMILES string of the molecule is BP1(=O)OC[C@H]2O[C@@H](n3cc(F)c4c(=O)n(C)cnc43)C(O)C2OP(=O)(S)OC[C@H]2O[C@@H](n3cc(F)c4c(=O)n(C)cnc43)C(F)C2O1. The molecule has 4 aromatic rings. The molecule has 0 aliphatic carbocycles.